The van der Waals surface area contributed by atoms with Crippen molar-refractivity contribution in [1.29, 1.82) is 0 Å². The summed E-state index contributed by atoms with van der Waals surface area (Å²) in [5, 5.41) is 14.8. The molecule has 3 heterocycles. The largest absolute Gasteiger partial charge is 0.234 e. The van der Waals surface area contributed by atoms with E-state index in [9.17, 15) is 8.42 Å². The molecule has 3 aromatic rings. The Hall–Kier alpha value is -1.26. The predicted molar refractivity (Wildman–Crippen MR) is 103 cm³/mol. The van der Waals surface area contributed by atoms with Crippen molar-refractivity contribution in [3.63, 3.8) is 0 Å². The van der Waals surface area contributed by atoms with E-state index in [0.29, 0.717) is 40.9 Å². The molecule has 0 radical (unpaired) electrons. The second-order valence-electron chi connectivity index (χ2n) is 6.20. The second kappa shape index (κ2) is 6.72. The molecule has 7 nitrogen and oxygen atoms in total. The number of aromatic nitrogens is 4. The molecule has 1 aromatic carbocycles. The maximum atomic E-state index is 11.7. The van der Waals surface area contributed by atoms with Crippen LogP contribution in [0.25, 0.3) is 15.5 Å². The third-order valence-corrected chi connectivity index (χ3v) is 7.54. The topological polar surface area (TPSA) is 80.5 Å². The van der Waals surface area contributed by atoms with Crippen LogP contribution in [-0.4, -0.2) is 51.9 Å². The van der Waals surface area contributed by atoms with Crippen LogP contribution < -0.4 is 0 Å². The maximum absolute atomic E-state index is 11.7. The first-order chi connectivity index (χ1) is 12.3. The van der Waals surface area contributed by atoms with Crippen LogP contribution in [0.3, 0.4) is 0 Å². The average molecular weight is 432 g/mol. The number of sulfonamides is 1. The van der Waals surface area contributed by atoms with E-state index in [4.69, 9.17) is 23.2 Å². The lowest BCUT2D eigenvalue weighted by atomic mass is 9.97. The number of piperidine rings is 1. The van der Waals surface area contributed by atoms with Gasteiger partial charge in [-0.2, -0.15) is 9.61 Å². The van der Waals surface area contributed by atoms with Crippen molar-refractivity contribution in [2.24, 2.45) is 0 Å². The summed E-state index contributed by atoms with van der Waals surface area (Å²) in [6.07, 6.45) is 2.63. The summed E-state index contributed by atoms with van der Waals surface area (Å²) in [6, 6.07) is 5.42. The third kappa shape index (κ3) is 3.22. The molecule has 0 bridgehead atoms. The minimum atomic E-state index is -3.15. The Labute approximate surface area is 164 Å². The number of hydrogen-bond acceptors (Lipinski definition) is 6. The summed E-state index contributed by atoms with van der Waals surface area (Å²) in [4.78, 5) is 0.677. The van der Waals surface area contributed by atoms with Gasteiger partial charge in [-0.05, 0) is 18.9 Å². The van der Waals surface area contributed by atoms with Crippen LogP contribution in [0.5, 0.6) is 0 Å². The molecule has 0 spiro atoms. The van der Waals surface area contributed by atoms with Crippen molar-refractivity contribution in [3.8, 4) is 10.6 Å². The van der Waals surface area contributed by atoms with Crippen molar-refractivity contribution in [3.05, 3.63) is 34.1 Å². The number of hydrogen-bond donors (Lipinski definition) is 0. The molecule has 138 valence electrons. The Kier molecular flexibility index (Phi) is 4.68. The zero-order valence-electron chi connectivity index (χ0n) is 13.8. The minimum absolute atomic E-state index is 0.118. The van der Waals surface area contributed by atoms with Crippen molar-refractivity contribution < 1.29 is 8.42 Å². The average Bonchev–Trinajstić information content (AvgIpc) is 3.17. The van der Waals surface area contributed by atoms with Gasteiger partial charge in [0.2, 0.25) is 15.0 Å². The molecule has 0 amide bonds. The number of benzene rings is 1. The highest BCUT2D eigenvalue weighted by Gasteiger charge is 2.29. The van der Waals surface area contributed by atoms with Gasteiger partial charge in [-0.1, -0.05) is 46.7 Å². The molecular weight excluding hydrogens is 417 g/mol. The number of halogens is 2. The van der Waals surface area contributed by atoms with Gasteiger partial charge in [0.05, 0.1) is 16.3 Å². The van der Waals surface area contributed by atoms with Crippen LogP contribution in [0.4, 0.5) is 0 Å². The zero-order chi connectivity index (χ0) is 18.5. The van der Waals surface area contributed by atoms with Crippen LogP contribution in [0.1, 0.15) is 24.6 Å². The van der Waals surface area contributed by atoms with E-state index in [1.165, 1.54) is 21.9 Å². The van der Waals surface area contributed by atoms with Crippen LogP contribution in [-0.2, 0) is 10.0 Å². The fraction of sp³-hybridized carbons (Fsp3) is 0.400. The van der Waals surface area contributed by atoms with Crippen LogP contribution in [0.2, 0.25) is 10.0 Å². The van der Waals surface area contributed by atoms with Gasteiger partial charge in [0.15, 0.2) is 5.82 Å². The van der Waals surface area contributed by atoms with Crippen molar-refractivity contribution in [2.75, 3.05) is 19.3 Å². The maximum Gasteiger partial charge on any atom is 0.234 e. The molecule has 11 heteroatoms. The van der Waals surface area contributed by atoms with E-state index >= 15 is 0 Å². The molecule has 2 aromatic heterocycles. The van der Waals surface area contributed by atoms with E-state index < -0.39 is 10.0 Å². The summed E-state index contributed by atoms with van der Waals surface area (Å²) < 4.78 is 26.6. The molecule has 4 rings (SSSR count). The lowest BCUT2D eigenvalue weighted by Crippen LogP contribution is -2.37. The molecule has 1 fully saturated rings. The van der Waals surface area contributed by atoms with Gasteiger partial charge >= 0.3 is 0 Å². The highest BCUT2D eigenvalue weighted by atomic mass is 35.5. The Morgan fingerprint density at radius 2 is 1.92 bits per heavy atom. The van der Waals surface area contributed by atoms with Gasteiger partial charge < -0.3 is 0 Å². The van der Waals surface area contributed by atoms with Crippen molar-refractivity contribution in [1.82, 2.24) is 24.1 Å². The van der Waals surface area contributed by atoms with E-state index in [-0.39, 0.29) is 5.92 Å². The second-order valence-corrected chi connectivity index (χ2v) is 9.92. The number of fused-ring (bicyclic) bond motifs is 1. The van der Waals surface area contributed by atoms with Crippen LogP contribution >= 0.6 is 34.5 Å². The molecule has 1 saturated heterocycles. The SMILES string of the molecule is CS(=O)(=O)N1CCC(c2nnc3sc(-c4cccc(Cl)c4Cl)nn23)CC1. The van der Waals surface area contributed by atoms with E-state index in [0.717, 1.165) is 16.4 Å². The van der Waals surface area contributed by atoms with Gasteiger partial charge in [0.25, 0.3) is 0 Å². The van der Waals surface area contributed by atoms with Gasteiger partial charge in [0, 0.05) is 24.6 Å². The summed E-state index contributed by atoms with van der Waals surface area (Å²) in [7, 11) is -3.15. The number of nitrogens with zero attached hydrogens (tertiary/aromatic N) is 5. The molecule has 0 aliphatic carbocycles. The quantitative estimate of drug-likeness (QED) is 0.635. The molecule has 0 saturated carbocycles. The van der Waals surface area contributed by atoms with E-state index in [1.54, 1.807) is 10.6 Å². The van der Waals surface area contributed by atoms with Gasteiger partial charge in [-0.15, -0.1) is 10.2 Å². The Balaban J connectivity index is 1.64. The van der Waals surface area contributed by atoms with Crippen molar-refractivity contribution >= 4 is 49.5 Å². The fourth-order valence-electron chi connectivity index (χ4n) is 3.11. The molecular formula is C15H15Cl2N5O2S2. The van der Waals surface area contributed by atoms with Crippen LogP contribution in [0.15, 0.2) is 18.2 Å². The molecule has 26 heavy (non-hydrogen) atoms. The molecule has 1 aliphatic heterocycles. The molecule has 1 aliphatic rings. The minimum Gasteiger partial charge on any atom is -0.213 e. The standard InChI is InChI=1S/C15H15Cl2N5O2S2/c1-26(23,24)21-7-5-9(6-8-21)13-18-19-15-22(13)20-14(25-15)10-3-2-4-11(16)12(10)17/h2-4,9H,5-8H2,1H3. The first kappa shape index (κ1) is 18.1. The molecule has 0 unspecified atom stereocenters. The highest BCUT2D eigenvalue weighted by Crippen LogP contribution is 2.36. The number of rotatable bonds is 3. The Bertz CT molecular complexity index is 1070. The first-order valence-corrected chi connectivity index (χ1v) is 11.4. The Morgan fingerprint density at radius 3 is 2.62 bits per heavy atom. The lowest BCUT2D eigenvalue weighted by Gasteiger charge is -2.28. The summed E-state index contributed by atoms with van der Waals surface area (Å²) >= 11 is 13.8. The normalized spacial score (nSPS) is 17.2. The van der Waals surface area contributed by atoms with Gasteiger partial charge in [-0.3, -0.25) is 0 Å². The summed E-state index contributed by atoms with van der Waals surface area (Å²) in [5.74, 6) is 0.876. The summed E-state index contributed by atoms with van der Waals surface area (Å²) in [6.45, 7) is 0.963. The predicted octanol–water partition coefficient (Wildman–Crippen LogP) is 3.30. The van der Waals surface area contributed by atoms with Gasteiger partial charge in [0.1, 0.15) is 5.01 Å². The van der Waals surface area contributed by atoms with Crippen LogP contribution in [0, 0.1) is 0 Å². The fourth-order valence-corrected chi connectivity index (χ4v) is 5.31. The molecule has 0 N–H and O–H groups in total. The highest BCUT2D eigenvalue weighted by molar-refractivity contribution is 7.88. The van der Waals surface area contributed by atoms with E-state index in [1.807, 2.05) is 12.1 Å². The lowest BCUT2D eigenvalue weighted by molar-refractivity contribution is 0.313. The Morgan fingerprint density at radius 1 is 1.19 bits per heavy atom. The zero-order valence-corrected chi connectivity index (χ0v) is 16.9. The van der Waals surface area contributed by atoms with E-state index in [2.05, 4.69) is 15.3 Å². The smallest absolute Gasteiger partial charge is 0.213 e. The molecule has 0 atom stereocenters. The van der Waals surface area contributed by atoms with Gasteiger partial charge in [-0.25, -0.2) is 12.7 Å². The summed E-state index contributed by atoms with van der Waals surface area (Å²) in [5.41, 5.74) is 0.757. The third-order valence-electron chi connectivity index (χ3n) is 4.49. The van der Waals surface area contributed by atoms with Crippen molar-refractivity contribution in [2.45, 2.75) is 18.8 Å². The monoisotopic (exact) mass is 431 g/mol. The first-order valence-electron chi connectivity index (χ1n) is 7.96.